The largest absolute Gasteiger partial charge is 0.343 e. The van der Waals surface area contributed by atoms with Crippen molar-refractivity contribution in [2.24, 2.45) is 0 Å². The molecule has 0 unspecified atom stereocenters. The average molecular weight is 359 g/mol. The zero-order chi connectivity index (χ0) is 18.9. The fraction of sp³-hybridized carbons (Fsp3) is 0.182. The van der Waals surface area contributed by atoms with E-state index in [0.717, 1.165) is 5.69 Å². The van der Waals surface area contributed by atoms with Crippen LogP contribution in [0.4, 0.5) is 0 Å². The van der Waals surface area contributed by atoms with Crippen LogP contribution in [0.1, 0.15) is 27.6 Å². The predicted octanol–water partition coefficient (Wildman–Crippen LogP) is 3.12. The number of benzene rings is 2. The SMILES string of the molecule is CC1(NC(=O)c2ccccc2)CN(C(=O)c2ccccc2-n2cccc2)C1. The first-order chi connectivity index (χ1) is 13.1. The Morgan fingerprint density at radius 1 is 0.889 bits per heavy atom. The summed E-state index contributed by atoms with van der Waals surface area (Å²) in [5.74, 6) is -0.135. The van der Waals surface area contributed by atoms with Gasteiger partial charge in [0.15, 0.2) is 0 Å². The third-order valence-corrected chi connectivity index (χ3v) is 4.84. The topological polar surface area (TPSA) is 54.3 Å². The van der Waals surface area contributed by atoms with Crippen LogP contribution in [0.5, 0.6) is 0 Å². The van der Waals surface area contributed by atoms with Crippen molar-refractivity contribution >= 4 is 11.8 Å². The molecule has 0 radical (unpaired) electrons. The van der Waals surface area contributed by atoms with Crippen LogP contribution >= 0.6 is 0 Å². The number of aromatic nitrogens is 1. The van der Waals surface area contributed by atoms with Gasteiger partial charge in [-0.2, -0.15) is 0 Å². The van der Waals surface area contributed by atoms with E-state index in [9.17, 15) is 9.59 Å². The molecule has 0 spiro atoms. The Balaban J connectivity index is 1.45. The highest BCUT2D eigenvalue weighted by Crippen LogP contribution is 2.25. The van der Waals surface area contributed by atoms with Gasteiger partial charge < -0.3 is 14.8 Å². The molecule has 136 valence electrons. The second-order valence-electron chi connectivity index (χ2n) is 7.15. The summed E-state index contributed by atoms with van der Waals surface area (Å²) in [5, 5.41) is 3.05. The van der Waals surface area contributed by atoms with Gasteiger partial charge in [0.2, 0.25) is 0 Å². The van der Waals surface area contributed by atoms with Gasteiger partial charge in [-0.05, 0) is 43.3 Å². The number of hydrogen-bond acceptors (Lipinski definition) is 2. The molecule has 2 amide bonds. The van der Waals surface area contributed by atoms with E-state index in [0.29, 0.717) is 24.2 Å². The first-order valence-corrected chi connectivity index (χ1v) is 8.95. The molecule has 3 aromatic rings. The standard InChI is InChI=1S/C22H21N3O2/c1-22(23-20(26)17-9-3-2-4-10-17)15-25(16-22)21(27)18-11-5-6-12-19(18)24-13-7-8-14-24/h2-14H,15-16H2,1H3,(H,23,26). The van der Waals surface area contributed by atoms with Gasteiger partial charge in [0.05, 0.1) is 16.8 Å². The molecule has 27 heavy (non-hydrogen) atoms. The van der Waals surface area contributed by atoms with Crippen LogP contribution in [0.15, 0.2) is 79.1 Å². The van der Waals surface area contributed by atoms with Crippen LogP contribution in [0.3, 0.4) is 0 Å². The minimum absolute atomic E-state index is 0.0225. The minimum Gasteiger partial charge on any atom is -0.343 e. The van der Waals surface area contributed by atoms with Crippen molar-refractivity contribution in [3.8, 4) is 5.69 Å². The maximum atomic E-state index is 13.0. The molecule has 1 aliphatic rings. The molecule has 0 saturated carbocycles. The molecule has 0 atom stereocenters. The van der Waals surface area contributed by atoms with Crippen LogP contribution in [-0.4, -0.2) is 39.9 Å². The number of amides is 2. The summed E-state index contributed by atoms with van der Waals surface area (Å²) >= 11 is 0. The Kier molecular flexibility index (Phi) is 4.28. The minimum atomic E-state index is -0.412. The molecule has 5 heteroatoms. The Labute approximate surface area is 158 Å². The highest BCUT2D eigenvalue weighted by atomic mass is 16.2. The van der Waals surface area contributed by atoms with E-state index < -0.39 is 5.54 Å². The van der Waals surface area contributed by atoms with Gasteiger partial charge in [-0.1, -0.05) is 30.3 Å². The average Bonchev–Trinajstić information content (AvgIpc) is 3.21. The van der Waals surface area contributed by atoms with Crippen molar-refractivity contribution in [1.29, 1.82) is 0 Å². The van der Waals surface area contributed by atoms with Gasteiger partial charge >= 0.3 is 0 Å². The first-order valence-electron chi connectivity index (χ1n) is 8.95. The predicted molar refractivity (Wildman–Crippen MR) is 104 cm³/mol. The summed E-state index contributed by atoms with van der Waals surface area (Å²) in [6, 6.07) is 20.6. The number of carbonyl (C=O) groups excluding carboxylic acids is 2. The molecular weight excluding hydrogens is 338 g/mol. The molecule has 1 N–H and O–H groups in total. The third kappa shape index (κ3) is 3.36. The highest BCUT2D eigenvalue weighted by Gasteiger charge is 2.43. The van der Waals surface area contributed by atoms with Crippen molar-refractivity contribution in [3.63, 3.8) is 0 Å². The fourth-order valence-corrected chi connectivity index (χ4v) is 3.50. The summed E-state index contributed by atoms with van der Waals surface area (Å²) in [6.07, 6.45) is 3.85. The van der Waals surface area contributed by atoms with Gasteiger partial charge in [-0.25, -0.2) is 0 Å². The van der Waals surface area contributed by atoms with E-state index in [1.165, 1.54) is 0 Å². The summed E-state index contributed by atoms with van der Waals surface area (Å²) < 4.78 is 1.93. The van der Waals surface area contributed by atoms with E-state index in [1.54, 1.807) is 17.0 Å². The van der Waals surface area contributed by atoms with Crippen LogP contribution in [0.25, 0.3) is 5.69 Å². The molecule has 1 aliphatic heterocycles. The summed E-state index contributed by atoms with van der Waals surface area (Å²) in [4.78, 5) is 27.1. The Morgan fingerprint density at radius 2 is 1.52 bits per heavy atom. The molecule has 2 heterocycles. The van der Waals surface area contributed by atoms with Crippen molar-refractivity contribution in [1.82, 2.24) is 14.8 Å². The van der Waals surface area contributed by atoms with Crippen molar-refractivity contribution < 1.29 is 9.59 Å². The highest BCUT2D eigenvalue weighted by molar-refractivity contribution is 5.99. The first kappa shape index (κ1) is 17.1. The number of nitrogens with zero attached hydrogens (tertiary/aromatic N) is 2. The zero-order valence-corrected chi connectivity index (χ0v) is 15.1. The van der Waals surface area contributed by atoms with Crippen LogP contribution < -0.4 is 5.32 Å². The lowest BCUT2D eigenvalue weighted by Crippen LogP contribution is -2.69. The Morgan fingerprint density at radius 3 is 2.22 bits per heavy atom. The van der Waals surface area contributed by atoms with E-state index in [2.05, 4.69) is 5.32 Å². The van der Waals surface area contributed by atoms with Crippen LogP contribution in [0.2, 0.25) is 0 Å². The number of para-hydroxylation sites is 1. The van der Waals surface area contributed by atoms with Gasteiger partial charge in [0, 0.05) is 31.0 Å². The third-order valence-electron chi connectivity index (χ3n) is 4.84. The van der Waals surface area contributed by atoms with Crippen LogP contribution in [-0.2, 0) is 0 Å². The monoisotopic (exact) mass is 359 g/mol. The Bertz CT molecular complexity index is 958. The van der Waals surface area contributed by atoms with Crippen molar-refractivity contribution in [2.45, 2.75) is 12.5 Å². The number of rotatable bonds is 4. The molecule has 5 nitrogen and oxygen atoms in total. The van der Waals surface area contributed by atoms with Gasteiger partial charge in [0.1, 0.15) is 0 Å². The maximum absolute atomic E-state index is 13.0. The van der Waals surface area contributed by atoms with E-state index in [4.69, 9.17) is 0 Å². The summed E-state index contributed by atoms with van der Waals surface area (Å²) in [6.45, 7) is 2.95. The smallest absolute Gasteiger partial charge is 0.256 e. The van der Waals surface area contributed by atoms with Crippen LogP contribution in [0, 0.1) is 0 Å². The maximum Gasteiger partial charge on any atom is 0.256 e. The van der Waals surface area contributed by atoms with E-state index in [1.807, 2.05) is 78.5 Å². The normalized spacial score (nSPS) is 15.1. The molecular formula is C22H21N3O2. The van der Waals surface area contributed by atoms with Gasteiger partial charge in [0.25, 0.3) is 11.8 Å². The van der Waals surface area contributed by atoms with Crippen molar-refractivity contribution in [3.05, 3.63) is 90.3 Å². The second kappa shape index (κ2) is 6.76. The number of hydrogen-bond donors (Lipinski definition) is 1. The lowest BCUT2D eigenvalue weighted by Gasteiger charge is -2.48. The molecule has 1 saturated heterocycles. The lowest BCUT2D eigenvalue weighted by atomic mass is 9.90. The zero-order valence-electron chi connectivity index (χ0n) is 15.1. The number of carbonyl (C=O) groups is 2. The molecule has 1 aromatic heterocycles. The second-order valence-corrected chi connectivity index (χ2v) is 7.15. The Hall–Kier alpha value is -3.34. The molecule has 1 fully saturated rings. The number of likely N-dealkylation sites (tertiary alicyclic amines) is 1. The van der Waals surface area contributed by atoms with Gasteiger partial charge in [-0.3, -0.25) is 9.59 Å². The van der Waals surface area contributed by atoms with Crippen molar-refractivity contribution in [2.75, 3.05) is 13.1 Å². The molecule has 0 aliphatic carbocycles. The lowest BCUT2D eigenvalue weighted by molar-refractivity contribution is 0.0331. The van der Waals surface area contributed by atoms with E-state index in [-0.39, 0.29) is 11.8 Å². The summed E-state index contributed by atoms with van der Waals surface area (Å²) in [5.41, 5.74) is 1.73. The molecule has 0 bridgehead atoms. The molecule has 2 aromatic carbocycles. The fourth-order valence-electron chi connectivity index (χ4n) is 3.50. The van der Waals surface area contributed by atoms with Gasteiger partial charge in [-0.15, -0.1) is 0 Å². The quantitative estimate of drug-likeness (QED) is 0.778. The summed E-state index contributed by atoms with van der Waals surface area (Å²) in [7, 11) is 0. The number of nitrogens with one attached hydrogen (secondary N) is 1. The molecule has 4 rings (SSSR count). The van der Waals surface area contributed by atoms with E-state index >= 15 is 0 Å².